The minimum absolute atomic E-state index is 0.00577. The minimum Gasteiger partial charge on any atom is -0.493 e. The first-order valence-corrected chi connectivity index (χ1v) is 10.3. The van der Waals surface area contributed by atoms with Crippen LogP contribution >= 0.6 is 0 Å². The van der Waals surface area contributed by atoms with Gasteiger partial charge in [-0.2, -0.15) is 0 Å². The molecule has 0 radical (unpaired) electrons. The molecule has 0 amide bonds. The highest BCUT2D eigenvalue weighted by Crippen LogP contribution is 2.55. The van der Waals surface area contributed by atoms with Crippen LogP contribution in [0.25, 0.3) is 21.7 Å². The molecule has 0 spiro atoms. The second-order valence-electron chi connectivity index (χ2n) is 8.91. The Bertz CT molecular complexity index is 1400. The summed E-state index contributed by atoms with van der Waals surface area (Å²) in [4.78, 5) is 12.8. The van der Waals surface area contributed by atoms with Crippen LogP contribution in [0.4, 0.5) is 0 Å². The van der Waals surface area contributed by atoms with Gasteiger partial charge in [0.1, 0.15) is 22.7 Å². The van der Waals surface area contributed by atoms with E-state index >= 15 is 0 Å². The van der Waals surface area contributed by atoms with Crippen LogP contribution in [0.2, 0.25) is 0 Å². The summed E-state index contributed by atoms with van der Waals surface area (Å²) in [5.41, 5.74) is 2.87. The predicted molar refractivity (Wildman–Crippen MR) is 117 cm³/mol. The van der Waals surface area contributed by atoms with Gasteiger partial charge in [0.2, 0.25) is 0 Å². The molecule has 0 fully saturated rings. The zero-order chi connectivity index (χ0) is 20.6. The third kappa shape index (κ3) is 2.25. The van der Waals surface area contributed by atoms with Crippen molar-refractivity contribution in [2.75, 3.05) is 6.61 Å². The molecule has 3 aromatic carbocycles. The van der Waals surface area contributed by atoms with Gasteiger partial charge >= 0.3 is 0 Å². The van der Waals surface area contributed by atoms with Gasteiger partial charge in [-0.25, -0.2) is 0 Å². The van der Waals surface area contributed by atoms with Gasteiger partial charge in [0.05, 0.1) is 18.3 Å². The van der Waals surface area contributed by atoms with Crippen LogP contribution in [0, 0.1) is 12.8 Å². The molecule has 0 bridgehead atoms. The molecule has 0 saturated carbocycles. The number of benzene rings is 3. The van der Waals surface area contributed by atoms with Crippen molar-refractivity contribution in [3.63, 3.8) is 0 Å². The van der Waals surface area contributed by atoms with Gasteiger partial charge in [-0.15, -0.1) is 0 Å². The summed E-state index contributed by atoms with van der Waals surface area (Å²) in [5, 5.41) is 2.86. The normalized spacial score (nSPS) is 21.3. The van der Waals surface area contributed by atoms with Gasteiger partial charge in [-0.3, -0.25) is 4.79 Å². The van der Waals surface area contributed by atoms with E-state index < -0.39 is 5.60 Å². The van der Waals surface area contributed by atoms with E-state index in [1.807, 2.05) is 24.3 Å². The van der Waals surface area contributed by atoms with Crippen molar-refractivity contribution < 1.29 is 13.9 Å². The fraction of sp³-hybridized carbons (Fsp3) is 0.269. The Morgan fingerprint density at radius 3 is 2.70 bits per heavy atom. The highest BCUT2D eigenvalue weighted by molar-refractivity contribution is 5.91. The van der Waals surface area contributed by atoms with Gasteiger partial charge < -0.3 is 13.9 Å². The summed E-state index contributed by atoms with van der Waals surface area (Å²) < 4.78 is 18.8. The second kappa shape index (κ2) is 5.88. The number of rotatable bonds is 0. The maximum atomic E-state index is 12.8. The lowest BCUT2D eigenvalue weighted by molar-refractivity contribution is -0.0121. The maximum Gasteiger partial charge on any atom is 0.195 e. The third-order valence-corrected chi connectivity index (χ3v) is 6.75. The molecule has 30 heavy (non-hydrogen) atoms. The Balaban J connectivity index is 1.72. The zero-order valence-corrected chi connectivity index (χ0v) is 17.2. The summed E-state index contributed by atoms with van der Waals surface area (Å²) >= 11 is 0. The van der Waals surface area contributed by atoms with Crippen LogP contribution in [-0.4, -0.2) is 12.2 Å². The van der Waals surface area contributed by atoms with Crippen molar-refractivity contribution in [2.24, 2.45) is 5.92 Å². The molecule has 2 aliphatic rings. The molecule has 0 N–H and O–H groups in total. The van der Waals surface area contributed by atoms with Crippen LogP contribution in [0.1, 0.15) is 36.5 Å². The number of hydrogen-bond donors (Lipinski definition) is 0. The summed E-state index contributed by atoms with van der Waals surface area (Å²) in [6, 6.07) is 16.3. The van der Waals surface area contributed by atoms with Crippen LogP contribution in [0.3, 0.4) is 0 Å². The number of hydrogen-bond acceptors (Lipinski definition) is 4. The Morgan fingerprint density at radius 1 is 1.00 bits per heavy atom. The van der Waals surface area contributed by atoms with Gasteiger partial charge in [-0.1, -0.05) is 36.4 Å². The number of aryl methyl sites for hydroxylation is 1. The van der Waals surface area contributed by atoms with Crippen molar-refractivity contribution in [3.05, 3.63) is 81.7 Å². The van der Waals surface area contributed by atoms with Crippen LogP contribution in [0.15, 0.2) is 64.0 Å². The van der Waals surface area contributed by atoms with Gasteiger partial charge in [0, 0.05) is 33.9 Å². The van der Waals surface area contributed by atoms with Gasteiger partial charge in [0.15, 0.2) is 5.43 Å². The third-order valence-electron chi connectivity index (χ3n) is 6.75. The quantitative estimate of drug-likeness (QED) is 0.389. The van der Waals surface area contributed by atoms with Crippen LogP contribution in [0.5, 0.6) is 11.5 Å². The molecule has 0 aliphatic carbocycles. The van der Waals surface area contributed by atoms with Crippen molar-refractivity contribution >= 4 is 21.7 Å². The van der Waals surface area contributed by atoms with Gasteiger partial charge in [-0.05, 0) is 38.3 Å². The highest BCUT2D eigenvalue weighted by atomic mass is 16.5. The minimum atomic E-state index is -0.438. The van der Waals surface area contributed by atoms with Crippen LogP contribution < -0.4 is 14.9 Å². The lowest BCUT2D eigenvalue weighted by Crippen LogP contribution is -2.49. The summed E-state index contributed by atoms with van der Waals surface area (Å²) in [6.45, 7) is 6.58. The van der Waals surface area contributed by atoms with Crippen LogP contribution in [-0.2, 0) is 0 Å². The molecule has 0 unspecified atom stereocenters. The Kier molecular flexibility index (Phi) is 3.45. The average Bonchev–Trinajstić information content (AvgIpc) is 2.75. The van der Waals surface area contributed by atoms with E-state index in [2.05, 4.69) is 38.1 Å². The Morgan fingerprint density at radius 2 is 1.83 bits per heavy atom. The fourth-order valence-corrected chi connectivity index (χ4v) is 5.13. The summed E-state index contributed by atoms with van der Waals surface area (Å²) in [6.07, 6.45) is 1.56. The first-order chi connectivity index (χ1) is 14.5. The molecule has 4 aromatic rings. The highest BCUT2D eigenvalue weighted by Gasteiger charge is 2.49. The molecule has 1 aromatic heterocycles. The van der Waals surface area contributed by atoms with E-state index in [9.17, 15) is 4.79 Å². The Hall–Kier alpha value is -3.27. The monoisotopic (exact) mass is 398 g/mol. The SMILES string of the molecule is Cc1coc2c3c(ccc2c1=O)OC[C@H]1[C@@H]3c2ccc3ccccc3c2OC1(C)C. The molecule has 4 nitrogen and oxygen atoms in total. The molecular weight excluding hydrogens is 376 g/mol. The van der Waals surface area contributed by atoms with Crippen molar-refractivity contribution in [1.82, 2.24) is 0 Å². The molecule has 3 heterocycles. The topological polar surface area (TPSA) is 48.7 Å². The maximum absolute atomic E-state index is 12.8. The second-order valence-corrected chi connectivity index (χ2v) is 8.91. The van der Waals surface area contributed by atoms with Crippen molar-refractivity contribution in [2.45, 2.75) is 32.3 Å². The lowest BCUT2D eigenvalue weighted by atomic mass is 9.69. The summed E-state index contributed by atoms with van der Waals surface area (Å²) in [5.74, 6) is 1.81. The largest absolute Gasteiger partial charge is 0.493 e. The predicted octanol–water partition coefficient (Wildman–Crippen LogP) is 5.57. The average molecular weight is 398 g/mol. The lowest BCUT2D eigenvalue weighted by Gasteiger charge is -2.47. The molecule has 0 saturated heterocycles. The Labute approximate surface area is 174 Å². The fourth-order valence-electron chi connectivity index (χ4n) is 5.13. The molecule has 6 rings (SSSR count). The first-order valence-electron chi connectivity index (χ1n) is 10.3. The van der Waals surface area contributed by atoms with Gasteiger partial charge in [0.25, 0.3) is 0 Å². The van der Waals surface area contributed by atoms with E-state index in [-0.39, 0.29) is 17.3 Å². The number of fused-ring (bicyclic) bond motifs is 9. The van der Waals surface area contributed by atoms with E-state index in [1.54, 1.807) is 13.2 Å². The van der Waals surface area contributed by atoms with E-state index in [0.717, 1.165) is 33.4 Å². The van der Waals surface area contributed by atoms with E-state index in [1.165, 1.54) is 0 Å². The molecule has 4 heteroatoms. The molecule has 2 aliphatic heterocycles. The zero-order valence-electron chi connectivity index (χ0n) is 17.2. The molecular formula is C26H22O4. The standard InChI is InChI=1S/C26H22O4/c1-14-12-29-25-18(23(14)27)10-11-20-22(25)21-17-9-8-15-6-4-5-7-16(15)24(17)30-26(2,3)19(21)13-28-20/h4-12,19,21H,13H2,1-3H3/t19-,21-/m0/s1. The van der Waals surface area contributed by atoms with E-state index in [0.29, 0.717) is 23.1 Å². The van der Waals surface area contributed by atoms with E-state index in [4.69, 9.17) is 13.9 Å². The summed E-state index contributed by atoms with van der Waals surface area (Å²) in [7, 11) is 0. The van der Waals surface area contributed by atoms with Crippen molar-refractivity contribution in [1.29, 1.82) is 0 Å². The number of ether oxygens (including phenoxy) is 2. The smallest absolute Gasteiger partial charge is 0.195 e. The molecule has 150 valence electrons. The first kappa shape index (κ1) is 17.6. The van der Waals surface area contributed by atoms with Crippen molar-refractivity contribution in [3.8, 4) is 11.5 Å². The molecule has 2 atom stereocenters.